The van der Waals surface area contributed by atoms with Crippen LogP contribution in [0.5, 0.6) is 0 Å². The highest BCUT2D eigenvalue weighted by Gasteiger charge is 2.14. The third-order valence-corrected chi connectivity index (χ3v) is 3.31. The van der Waals surface area contributed by atoms with Crippen molar-refractivity contribution in [3.8, 4) is 11.3 Å². The maximum absolute atomic E-state index is 11.7. The minimum absolute atomic E-state index is 0.00449. The van der Waals surface area contributed by atoms with E-state index in [4.69, 9.17) is 9.26 Å². The number of hydrogen-bond donors (Lipinski definition) is 0. The minimum Gasteiger partial charge on any atom is -0.454 e. The number of non-ortho nitro benzene ring substituents is 1. The van der Waals surface area contributed by atoms with Gasteiger partial charge in [0.05, 0.1) is 4.92 Å². The van der Waals surface area contributed by atoms with Crippen molar-refractivity contribution < 1.29 is 19.0 Å². The molecule has 1 aromatic heterocycles. The van der Waals surface area contributed by atoms with Gasteiger partial charge < -0.3 is 9.26 Å². The second-order valence-corrected chi connectivity index (χ2v) is 4.88. The molecule has 0 spiro atoms. The van der Waals surface area contributed by atoms with Crippen LogP contribution in [0.4, 0.5) is 5.69 Å². The van der Waals surface area contributed by atoms with Crippen LogP contribution in [-0.2, 0) is 16.1 Å². The summed E-state index contributed by atoms with van der Waals surface area (Å²) in [5.74, 6) is 0.0153. The number of ether oxygens (including phenoxy) is 1. The number of nitrogens with zero attached hydrogens (tertiary/aromatic N) is 2. The Morgan fingerprint density at radius 2 is 2.13 bits per heavy atom. The largest absolute Gasteiger partial charge is 0.454 e. The van der Waals surface area contributed by atoms with E-state index in [1.165, 1.54) is 12.1 Å². The normalized spacial score (nSPS) is 13.0. The summed E-state index contributed by atoms with van der Waals surface area (Å²) in [7, 11) is 0. The number of esters is 1. The summed E-state index contributed by atoms with van der Waals surface area (Å²) in [4.78, 5) is 21.9. The first-order valence-electron chi connectivity index (χ1n) is 6.87. The number of allylic oxidation sites excluding steroid dienone is 3. The first-order valence-corrected chi connectivity index (χ1v) is 6.87. The van der Waals surface area contributed by atoms with E-state index in [-0.39, 0.29) is 18.3 Å². The standard InChI is InChI=1S/C16H12N2O5/c19-16(12-3-1-2-4-12)22-10-14-9-15(17-23-14)11-5-7-13(8-6-11)18(20)21/h1-3,5-9H,4,10H2. The Morgan fingerprint density at radius 3 is 2.78 bits per heavy atom. The predicted molar refractivity (Wildman–Crippen MR) is 80.2 cm³/mol. The topological polar surface area (TPSA) is 95.5 Å². The van der Waals surface area contributed by atoms with Crippen LogP contribution in [0, 0.1) is 10.1 Å². The summed E-state index contributed by atoms with van der Waals surface area (Å²) in [6.07, 6.45) is 5.96. The third-order valence-electron chi connectivity index (χ3n) is 3.31. The van der Waals surface area contributed by atoms with Crippen LogP contribution in [-0.4, -0.2) is 16.0 Å². The molecule has 0 amide bonds. The van der Waals surface area contributed by atoms with E-state index >= 15 is 0 Å². The summed E-state index contributed by atoms with van der Waals surface area (Å²) >= 11 is 0. The van der Waals surface area contributed by atoms with Crippen LogP contribution < -0.4 is 0 Å². The molecule has 0 aliphatic heterocycles. The number of benzene rings is 1. The predicted octanol–water partition coefficient (Wildman–Crippen LogP) is 3.18. The van der Waals surface area contributed by atoms with Gasteiger partial charge in [-0.2, -0.15) is 0 Å². The lowest BCUT2D eigenvalue weighted by Gasteiger charge is -2.01. The van der Waals surface area contributed by atoms with Gasteiger partial charge in [-0.25, -0.2) is 4.79 Å². The monoisotopic (exact) mass is 312 g/mol. The lowest BCUT2D eigenvalue weighted by Crippen LogP contribution is -2.06. The van der Waals surface area contributed by atoms with E-state index in [0.29, 0.717) is 29.0 Å². The zero-order valence-corrected chi connectivity index (χ0v) is 12.0. The van der Waals surface area contributed by atoms with Crippen LogP contribution >= 0.6 is 0 Å². The smallest absolute Gasteiger partial charge is 0.334 e. The molecule has 0 fully saturated rings. The van der Waals surface area contributed by atoms with Crippen molar-refractivity contribution in [3.05, 3.63) is 70.0 Å². The van der Waals surface area contributed by atoms with Crippen LogP contribution in [0.2, 0.25) is 0 Å². The molecular weight excluding hydrogens is 300 g/mol. The minimum atomic E-state index is -0.468. The summed E-state index contributed by atoms with van der Waals surface area (Å²) in [5, 5.41) is 14.5. The molecule has 116 valence electrons. The molecule has 0 radical (unpaired) electrons. The summed E-state index contributed by atoms with van der Waals surface area (Å²) < 4.78 is 10.3. The van der Waals surface area contributed by atoms with Crippen LogP contribution in [0.25, 0.3) is 11.3 Å². The molecule has 2 aromatic rings. The molecule has 0 bridgehead atoms. The van der Waals surface area contributed by atoms with Crippen molar-refractivity contribution in [3.63, 3.8) is 0 Å². The molecule has 0 N–H and O–H groups in total. The molecular formula is C16H12N2O5. The number of hydrogen-bond acceptors (Lipinski definition) is 6. The Bertz CT molecular complexity index is 802. The first-order chi connectivity index (χ1) is 11.1. The summed E-state index contributed by atoms with van der Waals surface area (Å²) in [5.41, 5.74) is 1.80. The van der Waals surface area contributed by atoms with Gasteiger partial charge in [0.25, 0.3) is 5.69 Å². The fourth-order valence-electron chi connectivity index (χ4n) is 2.10. The molecule has 0 atom stereocenters. The number of nitro groups is 1. The average molecular weight is 312 g/mol. The Kier molecular flexibility index (Phi) is 4.01. The lowest BCUT2D eigenvalue weighted by molar-refractivity contribution is -0.384. The quantitative estimate of drug-likeness (QED) is 0.478. The zero-order valence-electron chi connectivity index (χ0n) is 12.0. The van der Waals surface area contributed by atoms with E-state index in [0.717, 1.165) is 0 Å². The average Bonchev–Trinajstić information content (AvgIpc) is 3.24. The van der Waals surface area contributed by atoms with Gasteiger partial charge in [0.2, 0.25) is 0 Å². The number of carbonyl (C=O) groups is 1. The molecule has 3 rings (SSSR count). The number of nitro benzene ring substituents is 1. The van der Waals surface area contributed by atoms with Crippen LogP contribution in [0.3, 0.4) is 0 Å². The number of aromatic nitrogens is 1. The molecule has 1 aliphatic rings. The van der Waals surface area contributed by atoms with Gasteiger partial charge in [0, 0.05) is 29.3 Å². The van der Waals surface area contributed by atoms with Crippen molar-refractivity contribution >= 4 is 11.7 Å². The zero-order chi connectivity index (χ0) is 16.2. The Hall–Kier alpha value is -3.22. The Balaban J connectivity index is 1.63. The Labute approximate surface area is 131 Å². The fourth-order valence-corrected chi connectivity index (χ4v) is 2.10. The maximum atomic E-state index is 11.7. The fraction of sp³-hybridized carbons (Fsp3) is 0.125. The molecule has 0 saturated heterocycles. The maximum Gasteiger partial charge on any atom is 0.334 e. The molecule has 1 heterocycles. The van der Waals surface area contributed by atoms with E-state index < -0.39 is 4.92 Å². The third kappa shape index (κ3) is 3.34. The number of carbonyl (C=O) groups excluding carboxylic acids is 1. The SMILES string of the molecule is O=C(OCc1cc(-c2ccc([N+](=O)[O-])cc2)no1)C1=CC=CC1. The molecule has 1 aromatic carbocycles. The van der Waals surface area contributed by atoms with Gasteiger partial charge in [-0.1, -0.05) is 23.4 Å². The molecule has 0 unspecified atom stereocenters. The lowest BCUT2D eigenvalue weighted by atomic mass is 10.1. The van der Waals surface area contributed by atoms with Crippen molar-refractivity contribution in [1.82, 2.24) is 5.16 Å². The van der Waals surface area contributed by atoms with Gasteiger partial charge in [0.15, 0.2) is 12.4 Å². The highest BCUT2D eigenvalue weighted by molar-refractivity contribution is 5.89. The molecule has 7 heteroatoms. The van der Waals surface area contributed by atoms with E-state index in [9.17, 15) is 14.9 Å². The highest BCUT2D eigenvalue weighted by atomic mass is 16.6. The van der Waals surface area contributed by atoms with Crippen LogP contribution in [0.15, 0.2) is 58.7 Å². The second-order valence-electron chi connectivity index (χ2n) is 4.88. The van der Waals surface area contributed by atoms with Crippen molar-refractivity contribution in [2.45, 2.75) is 13.0 Å². The van der Waals surface area contributed by atoms with Gasteiger partial charge >= 0.3 is 5.97 Å². The molecule has 1 aliphatic carbocycles. The van der Waals surface area contributed by atoms with Crippen molar-refractivity contribution in [2.75, 3.05) is 0 Å². The van der Waals surface area contributed by atoms with Gasteiger partial charge in [-0.15, -0.1) is 0 Å². The molecule has 0 saturated carbocycles. The van der Waals surface area contributed by atoms with Gasteiger partial charge in [-0.05, 0) is 18.6 Å². The highest BCUT2D eigenvalue weighted by Crippen LogP contribution is 2.22. The molecule has 7 nitrogen and oxygen atoms in total. The van der Waals surface area contributed by atoms with Gasteiger partial charge in [-0.3, -0.25) is 10.1 Å². The Morgan fingerprint density at radius 1 is 1.35 bits per heavy atom. The van der Waals surface area contributed by atoms with Gasteiger partial charge in [0.1, 0.15) is 5.69 Å². The van der Waals surface area contributed by atoms with Crippen LogP contribution in [0.1, 0.15) is 12.2 Å². The van der Waals surface area contributed by atoms with E-state index in [1.807, 2.05) is 6.08 Å². The number of rotatable bonds is 5. The molecule has 23 heavy (non-hydrogen) atoms. The van der Waals surface area contributed by atoms with Crippen molar-refractivity contribution in [1.29, 1.82) is 0 Å². The van der Waals surface area contributed by atoms with E-state index in [1.54, 1.807) is 30.4 Å². The summed E-state index contributed by atoms with van der Waals surface area (Å²) in [6, 6.07) is 7.59. The second kappa shape index (κ2) is 6.27. The summed E-state index contributed by atoms with van der Waals surface area (Å²) in [6.45, 7) is -0.0177. The van der Waals surface area contributed by atoms with Crippen molar-refractivity contribution in [2.24, 2.45) is 0 Å². The first kappa shape index (κ1) is 14.7. The van der Waals surface area contributed by atoms with E-state index in [2.05, 4.69) is 5.16 Å².